The zero-order valence-corrected chi connectivity index (χ0v) is 11.1. The summed E-state index contributed by atoms with van der Waals surface area (Å²) in [6, 6.07) is 7.35. The average Bonchev–Trinajstić information content (AvgIpc) is 2.86. The maximum absolute atomic E-state index is 11.5. The zero-order chi connectivity index (χ0) is 14.4. The highest BCUT2D eigenvalue weighted by molar-refractivity contribution is 5.91. The molecule has 6 nitrogen and oxygen atoms in total. The van der Waals surface area contributed by atoms with Crippen LogP contribution in [0, 0.1) is 0 Å². The molecule has 0 saturated carbocycles. The maximum Gasteiger partial charge on any atom is 0.244 e. The number of nitrogens with zero attached hydrogens (tertiary/aromatic N) is 1. The molecular formula is C14H16N2O4. The van der Waals surface area contributed by atoms with Gasteiger partial charge in [0.2, 0.25) is 11.8 Å². The second-order valence-electron chi connectivity index (χ2n) is 4.21. The number of nitrogens with one attached hydrogen (secondary N) is 1. The number of methoxy groups -OCH3 is 1. The van der Waals surface area contributed by atoms with Gasteiger partial charge in [-0.1, -0.05) is 12.1 Å². The lowest BCUT2D eigenvalue weighted by atomic mass is 10.3. The van der Waals surface area contributed by atoms with Gasteiger partial charge in [-0.05, 0) is 12.1 Å². The Morgan fingerprint density at radius 1 is 1.55 bits per heavy atom. The molecule has 1 aromatic carbocycles. The van der Waals surface area contributed by atoms with Crippen LogP contribution < -0.4 is 5.32 Å². The van der Waals surface area contributed by atoms with Crippen LogP contribution in [0.3, 0.4) is 0 Å². The quantitative estimate of drug-likeness (QED) is 0.768. The van der Waals surface area contributed by atoms with E-state index in [-0.39, 0.29) is 19.1 Å². The van der Waals surface area contributed by atoms with Crippen molar-refractivity contribution in [2.45, 2.75) is 6.10 Å². The van der Waals surface area contributed by atoms with Crippen molar-refractivity contribution in [3.63, 3.8) is 0 Å². The summed E-state index contributed by atoms with van der Waals surface area (Å²) in [4.78, 5) is 15.7. The van der Waals surface area contributed by atoms with Crippen molar-refractivity contribution in [3.05, 3.63) is 36.2 Å². The molecule has 0 fully saturated rings. The Morgan fingerprint density at radius 2 is 2.35 bits per heavy atom. The second kappa shape index (κ2) is 6.83. The molecule has 2 rings (SSSR count). The first kappa shape index (κ1) is 14.2. The van der Waals surface area contributed by atoms with Crippen molar-refractivity contribution in [1.29, 1.82) is 0 Å². The van der Waals surface area contributed by atoms with Crippen LogP contribution in [0.5, 0.6) is 0 Å². The summed E-state index contributed by atoms with van der Waals surface area (Å²) in [5.41, 5.74) is 1.41. The normalized spacial score (nSPS) is 12.9. The molecule has 6 heteroatoms. The van der Waals surface area contributed by atoms with E-state index >= 15 is 0 Å². The van der Waals surface area contributed by atoms with E-state index in [0.29, 0.717) is 11.5 Å². The Kier molecular flexibility index (Phi) is 4.86. The number of para-hydroxylation sites is 2. The predicted octanol–water partition coefficient (Wildman–Crippen LogP) is 0.964. The van der Waals surface area contributed by atoms with Gasteiger partial charge >= 0.3 is 0 Å². The largest absolute Gasteiger partial charge is 0.437 e. The van der Waals surface area contributed by atoms with E-state index < -0.39 is 6.10 Å². The molecule has 1 amide bonds. The first-order valence-electron chi connectivity index (χ1n) is 6.17. The SMILES string of the molecule is COCC(O)CNC(=O)C=Cc1nc2ccccc2o1. The van der Waals surface area contributed by atoms with Crippen molar-refractivity contribution in [2.75, 3.05) is 20.3 Å². The number of ether oxygens (including phenoxy) is 1. The van der Waals surface area contributed by atoms with Crippen LogP contribution in [-0.2, 0) is 9.53 Å². The number of amides is 1. The summed E-state index contributed by atoms with van der Waals surface area (Å²) in [7, 11) is 1.48. The molecule has 1 atom stereocenters. The van der Waals surface area contributed by atoms with Crippen LogP contribution in [-0.4, -0.2) is 42.4 Å². The molecule has 0 radical (unpaired) electrons. The summed E-state index contributed by atoms with van der Waals surface area (Å²) in [5.74, 6) is 0.0289. The molecular weight excluding hydrogens is 260 g/mol. The van der Waals surface area contributed by atoms with E-state index in [1.807, 2.05) is 18.2 Å². The van der Waals surface area contributed by atoms with Gasteiger partial charge in [0.1, 0.15) is 5.52 Å². The van der Waals surface area contributed by atoms with Crippen LogP contribution in [0.4, 0.5) is 0 Å². The Hall–Kier alpha value is -2.18. The van der Waals surface area contributed by atoms with Gasteiger partial charge in [-0.2, -0.15) is 0 Å². The summed E-state index contributed by atoms with van der Waals surface area (Å²) in [5, 5.41) is 11.9. The minimum Gasteiger partial charge on any atom is -0.437 e. The van der Waals surface area contributed by atoms with Gasteiger partial charge in [-0.3, -0.25) is 4.79 Å². The monoisotopic (exact) mass is 276 g/mol. The highest BCUT2D eigenvalue weighted by atomic mass is 16.5. The summed E-state index contributed by atoms with van der Waals surface area (Å²) < 4.78 is 10.2. The van der Waals surface area contributed by atoms with Gasteiger partial charge < -0.3 is 19.6 Å². The summed E-state index contributed by atoms with van der Waals surface area (Å²) in [6.45, 7) is 0.305. The molecule has 2 aromatic rings. The number of hydrogen-bond acceptors (Lipinski definition) is 5. The highest BCUT2D eigenvalue weighted by Gasteiger charge is 2.05. The molecule has 106 valence electrons. The smallest absolute Gasteiger partial charge is 0.244 e. The van der Waals surface area contributed by atoms with E-state index in [9.17, 15) is 9.90 Å². The highest BCUT2D eigenvalue weighted by Crippen LogP contribution is 2.15. The van der Waals surface area contributed by atoms with Crippen LogP contribution in [0.15, 0.2) is 34.8 Å². The fraction of sp³-hybridized carbons (Fsp3) is 0.286. The Morgan fingerprint density at radius 3 is 3.10 bits per heavy atom. The predicted molar refractivity (Wildman–Crippen MR) is 73.9 cm³/mol. The van der Waals surface area contributed by atoms with Crippen molar-refractivity contribution in [2.24, 2.45) is 0 Å². The zero-order valence-electron chi connectivity index (χ0n) is 11.1. The van der Waals surface area contributed by atoms with Gasteiger partial charge in [0.05, 0.1) is 12.7 Å². The van der Waals surface area contributed by atoms with Crippen LogP contribution in [0.1, 0.15) is 5.89 Å². The third-order valence-electron chi connectivity index (χ3n) is 2.56. The lowest BCUT2D eigenvalue weighted by Gasteiger charge is -2.08. The topological polar surface area (TPSA) is 84.6 Å². The Bertz CT molecular complexity index is 573. The molecule has 0 saturated heterocycles. The summed E-state index contributed by atoms with van der Waals surface area (Å²) >= 11 is 0. The molecule has 0 aliphatic rings. The number of aromatic nitrogens is 1. The van der Waals surface area contributed by atoms with Crippen molar-refractivity contribution < 1.29 is 19.1 Å². The minimum absolute atomic E-state index is 0.130. The number of fused-ring (bicyclic) bond motifs is 1. The van der Waals surface area contributed by atoms with Gasteiger partial charge in [0.25, 0.3) is 0 Å². The Labute approximate surface area is 116 Å². The van der Waals surface area contributed by atoms with E-state index in [4.69, 9.17) is 9.15 Å². The first-order valence-corrected chi connectivity index (χ1v) is 6.17. The number of benzene rings is 1. The number of oxazole rings is 1. The van der Waals surface area contributed by atoms with Crippen LogP contribution in [0.25, 0.3) is 17.2 Å². The van der Waals surface area contributed by atoms with Crippen LogP contribution >= 0.6 is 0 Å². The van der Waals surface area contributed by atoms with Gasteiger partial charge in [-0.15, -0.1) is 0 Å². The number of aliphatic hydroxyl groups is 1. The van der Waals surface area contributed by atoms with E-state index in [1.165, 1.54) is 19.3 Å². The van der Waals surface area contributed by atoms with Crippen molar-refractivity contribution >= 4 is 23.1 Å². The maximum atomic E-state index is 11.5. The number of aliphatic hydroxyl groups excluding tert-OH is 1. The third-order valence-corrected chi connectivity index (χ3v) is 2.56. The van der Waals surface area contributed by atoms with E-state index in [0.717, 1.165) is 5.52 Å². The fourth-order valence-corrected chi connectivity index (χ4v) is 1.64. The second-order valence-corrected chi connectivity index (χ2v) is 4.21. The molecule has 1 unspecified atom stereocenters. The van der Waals surface area contributed by atoms with Crippen molar-refractivity contribution in [3.8, 4) is 0 Å². The molecule has 0 aliphatic heterocycles. The van der Waals surface area contributed by atoms with E-state index in [1.54, 1.807) is 6.07 Å². The third kappa shape index (κ3) is 3.91. The Balaban J connectivity index is 1.90. The van der Waals surface area contributed by atoms with Crippen molar-refractivity contribution in [1.82, 2.24) is 10.3 Å². The number of hydrogen-bond donors (Lipinski definition) is 2. The molecule has 0 spiro atoms. The average molecular weight is 276 g/mol. The lowest BCUT2D eigenvalue weighted by Crippen LogP contribution is -2.33. The lowest BCUT2D eigenvalue weighted by molar-refractivity contribution is -0.117. The number of carbonyl (C=O) groups is 1. The molecule has 0 aliphatic carbocycles. The van der Waals surface area contributed by atoms with Gasteiger partial charge in [0, 0.05) is 25.8 Å². The molecule has 1 aromatic heterocycles. The first-order chi connectivity index (χ1) is 9.69. The fourth-order valence-electron chi connectivity index (χ4n) is 1.64. The van der Waals surface area contributed by atoms with Gasteiger partial charge in [-0.25, -0.2) is 4.98 Å². The molecule has 2 N–H and O–H groups in total. The molecule has 1 heterocycles. The molecule has 20 heavy (non-hydrogen) atoms. The number of rotatable bonds is 6. The number of carbonyl (C=O) groups excluding carboxylic acids is 1. The van der Waals surface area contributed by atoms with Gasteiger partial charge in [0.15, 0.2) is 5.58 Å². The summed E-state index contributed by atoms with van der Waals surface area (Å²) in [6.07, 6.45) is 2.07. The minimum atomic E-state index is -0.721. The molecule has 0 bridgehead atoms. The van der Waals surface area contributed by atoms with Crippen LogP contribution in [0.2, 0.25) is 0 Å². The van der Waals surface area contributed by atoms with E-state index in [2.05, 4.69) is 10.3 Å². The standard InChI is InChI=1S/C14H16N2O4/c1-19-9-10(17)8-15-13(18)6-7-14-16-11-4-2-3-5-12(11)20-14/h2-7,10,17H,8-9H2,1H3,(H,15,18).